The first kappa shape index (κ1) is 16.4. The van der Waals surface area contributed by atoms with E-state index >= 15 is 0 Å². The minimum Gasteiger partial charge on any atom is -0.374 e. The van der Waals surface area contributed by atoms with Crippen molar-refractivity contribution in [1.82, 2.24) is 0 Å². The van der Waals surface area contributed by atoms with Crippen molar-refractivity contribution >= 4 is 5.69 Å². The van der Waals surface area contributed by atoms with Crippen molar-refractivity contribution in [2.75, 3.05) is 18.5 Å². The molecule has 0 bridgehead atoms. The summed E-state index contributed by atoms with van der Waals surface area (Å²) >= 11 is 0. The number of aryl methyl sites for hydroxylation is 2. The zero-order chi connectivity index (χ0) is 15.8. The molecule has 0 radical (unpaired) electrons. The van der Waals surface area contributed by atoms with E-state index in [2.05, 4.69) is 48.0 Å². The number of rotatable bonds is 8. The van der Waals surface area contributed by atoms with Gasteiger partial charge in [-0.05, 0) is 48.6 Å². The topological polar surface area (TPSA) is 32.7 Å². The largest absolute Gasteiger partial charge is 0.374 e. The third-order valence-corrected chi connectivity index (χ3v) is 3.96. The van der Waals surface area contributed by atoms with Crippen LogP contribution in [-0.2, 0) is 12.8 Å². The number of hydrogen-bond acceptors (Lipinski definition) is 3. The fourth-order valence-corrected chi connectivity index (χ4v) is 2.61. The van der Waals surface area contributed by atoms with Gasteiger partial charge in [0.1, 0.15) is 0 Å². The van der Waals surface area contributed by atoms with Gasteiger partial charge < -0.3 is 9.79 Å². The standard InChI is InChI=1S/C19H25NO2/c1-3-4-15-20(2)19-8-6-5-7-17(19)12-9-16-10-13-18(22-21)14-11-16/h5-8,10-11,13-14,21H,3-4,9,12,15H2,1-2H3. The summed E-state index contributed by atoms with van der Waals surface area (Å²) in [4.78, 5) is 6.56. The molecule has 0 amide bonds. The Morgan fingerprint density at radius 3 is 2.41 bits per heavy atom. The van der Waals surface area contributed by atoms with Crippen LogP contribution in [0.1, 0.15) is 30.9 Å². The lowest BCUT2D eigenvalue weighted by Gasteiger charge is -2.22. The summed E-state index contributed by atoms with van der Waals surface area (Å²) in [7, 11) is 2.17. The molecule has 118 valence electrons. The van der Waals surface area contributed by atoms with Gasteiger partial charge in [0.15, 0.2) is 5.75 Å². The lowest BCUT2D eigenvalue weighted by Crippen LogP contribution is -2.19. The molecule has 0 spiro atoms. The first-order valence-corrected chi connectivity index (χ1v) is 7.94. The molecule has 0 aliphatic rings. The van der Waals surface area contributed by atoms with Gasteiger partial charge in [-0.15, -0.1) is 0 Å². The van der Waals surface area contributed by atoms with E-state index in [0.29, 0.717) is 5.75 Å². The molecule has 3 heteroatoms. The fraction of sp³-hybridized carbons (Fsp3) is 0.368. The molecular weight excluding hydrogens is 274 g/mol. The minimum absolute atomic E-state index is 0.475. The van der Waals surface area contributed by atoms with E-state index in [1.807, 2.05) is 12.1 Å². The molecule has 2 aromatic rings. The van der Waals surface area contributed by atoms with E-state index in [0.717, 1.165) is 19.4 Å². The van der Waals surface area contributed by atoms with Crippen LogP contribution in [0.3, 0.4) is 0 Å². The molecule has 0 unspecified atom stereocenters. The minimum atomic E-state index is 0.475. The number of anilines is 1. The first-order valence-electron chi connectivity index (χ1n) is 7.94. The molecule has 1 N–H and O–H groups in total. The fourth-order valence-electron chi connectivity index (χ4n) is 2.61. The molecule has 22 heavy (non-hydrogen) atoms. The second-order valence-corrected chi connectivity index (χ2v) is 5.64. The molecule has 0 aromatic heterocycles. The van der Waals surface area contributed by atoms with Crippen LogP contribution in [0.5, 0.6) is 5.75 Å². The number of unbranched alkanes of at least 4 members (excludes halogenated alkanes) is 1. The van der Waals surface area contributed by atoms with Gasteiger partial charge in [0, 0.05) is 19.3 Å². The van der Waals surface area contributed by atoms with Gasteiger partial charge in [0.2, 0.25) is 0 Å². The number of benzene rings is 2. The lowest BCUT2D eigenvalue weighted by molar-refractivity contribution is -0.137. The van der Waals surface area contributed by atoms with E-state index in [4.69, 9.17) is 5.26 Å². The van der Waals surface area contributed by atoms with Crippen LogP contribution >= 0.6 is 0 Å². The first-order chi connectivity index (χ1) is 10.7. The van der Waals surface area contributed by atoms with Crippen LogP contribution in [0.15, 0.2) is 48.5 Å². The van der Waals surface area contributed by atoms with Crippen molar-refractivity contribution in [2.45, 2.75) is 32.6 Å². The average molecular weight is 299 g/mol. The maximum absolute atomic E-state index is 8.60. The number of hydrogen-bond donors (Lipinski definition) is 1. The molecule has 0 aliphatic heterocycles. The van der Waals surface area contributed by atoms with Crippen molar-refractivity contribution in [2.24, 2.45) is 0 Å². The molecule has 0 saturated heterocycles. The summed E-state index contributed by atoms with van der Waals surface area (Å²) in [5.41, 5.74) is 3.95. The Morgan fingerprint density at radius 1 is 1.00 bits per heavy atom. The van der Waals surface area contributed by atoms with E-state index in [9.17, 15) is 0 Å². The highest BCUT2D eigenvalue weighted by molar-refractivity contribution is 5.53. The van der Waals surface area contributed by atoms with Gasteiger partial charge in [-0.3, -0.25) is 0 Å². The third-order valence-electron chi connectivity index (χ3n) is 3.96. The quantitative estimate of drug-likeness (QED) is 0.573. The van der Waals surface area contributed by atoms with Crippen LogP contribution in [0.2, 0.25) is 0 Å². The summed E-state index contributed by atoms with van der Waals surface area (Å²) in [6, 6.07) is 16.2. The molecule has 0 atom stereocenters. The molecular formula is C19H25NO2. The van der Waals surface area contributed by atoms with Crippen molar-refractivity contribution in [3.8, 4) is 5.75 Å². The van der Waals surface area contributed by atoms with E-state index in [1.54, 1.807) is 12.1 Å². The molecule has 0 heterocycles. The molecule has 0 fully saturated rings. The maximum Gasteiger partial charge on any atom is 0.165 e. The SMILES string of the molecule is CCCCN(C)c1ccccc1CCc1ccc(OO)cc1. The number of nitrogens with zero attached hydrogens (tertiary/aromatic N) is 1. The van der Waals surface area contributed by atoms with Crippen molar-refractivity contribution in [1.29, 1.82) is 0 Å². The monoisotopic (exact) mass is 299 g/mol. The van der Waals surface area contributed by atoms with Gasteiger partial charge in [-0.1, -0.05) is 43.7 Å². The second kappa shape index (κ2) is 8.44. The van der Waals surface area contributed by atoms with E-state index < -0.39 is 0 Å². The van der Waals surface area contributed by atoms with Gasteiger partial charge >= 0.3 is 0 Å². The molecule has 3 nitrogen and oxygen atoms in total. The van der Waals surface area contributed by atoms with Gasteiger partial charge in [-0.25, -0.2) is 5.26 Å². The second-order valence-electron chi connectivity index (χ2n) is 5.64. The van der Waals surface area contributed by atoms with Crippen LogP contribution < -0.4 is 9.79 Å². The molecule has 2 aromatic carbocycles. The summed E-state index contributed by atoms with van der Waals surface area (Å²) < 4.78 is 0. The summed E-state index contributed by atoms with van der Waals surface area (Å²) in [6.07, 6.45) is 4.41. The number of para-hydroxylation sites is 1. The normalized spacial score (nSPS) is 10.5. The van der Waals surface area contributed by atoms with Crippen LogP contribution in [0, 0.1) is 0 Å². The Morgan fingerprint density at radius 2 is 1.73 bits per heavy atom. The summed E-state index contributed by atoms with van der Waals surface area (Å²) in [6.45, 7) is 3.32. The predicted octanol–water partition coefficient (Wildman–Crippen LogP) is 4.56. The van der Waals surface area contributed by atoms with Crippen molar-refractivity contribution in [3.05, 3.63) is 59.7 Å². The highest BCUT2D eigenvalue weighted by Crippen LogP contribution is 2.22. The Bertz CT molecular complexity index is 566. The Balaban J connectivity index is 2.02. The Kier molecular flexibility index (Phi) is 6.28. The van der Waals surface area contributed by atoms with Gasteiger partial charge in [0.25, 0.3) is 0 Å². The highest BCUT2D eigenvalue weighted by atomic mass is 17.1. The van der Waals surface area contributed by atoms with Crippen molar-refractivity contribution < 1.29 is 10.1 Å². The van der Waals surface area contributed by atoms with Gasteiger partial charge in [-0.2, -0.15) is 0 Å². The Hall–Kier alpha value is -2.00. The van der Waals surface area contributed by atoms with Crippen molar-refractivity contribution in [3.63, 3.8) is 0 Å². The van der Waals surface area contributed by atoms with Gasteiger partial charge in [0.05, 0.1) is 0 Å². The maximum atomic E-state index is 8.60. The summed E-state index contributed by atoms with van der Waals surface area (Å²) in [5.74, 6) is 0.475. The molecule has 0 aliphatic carbocycles. The lowest BCUT2D eigenvalue weighted by atomic mass is 10.0. The highest BCUT2D eigenvalue weighted by Gasteiger charge is 2.07. The third kappa shape index (κ3) is 4.50. The molecule has 2 rings (SSSR count). The van der Waals surface area contributed by atoms with Crippen LogP contribution in [0.25, 0.3) is 0 Å². The predicted molar refractivity (Wildman–Crippen MR) is 91.7 cm³/mol. The smallest absolute Gasteiger partial charge is 0.165 e. The Labute approximate surface area is 133 Å². The van der Waals surface area contributed by atoms with Crippen LogP contribution in [0.4, 0.5) is 5.69 Å². The molecule has 0 saturated carbocycles. The average Bonchev–Trinajstić information content (AvgIpc) is 2.58. The van der Waals surface area contributed by atoms with Crippen LogP contribution in [-0.4, -0.2) is 18.8 Å². The summed E-state index contributed by atoms with van der Waals surface area (Å²) in [5, 5.41) is 8.60. The van der Waals surface area contributed by atoms with E-state index in [-0.39, 0.29) is 0 Å². The van der Waals surface area contributed by atoms with E-state index in [1.165, 1.54) is 29.7 Å². The zero-order valence-electron chi connectivity index (χ0n) is 13.5. The zero-order valence-corrected chi connectivity index (χ0v) is 13.5.